The van der Waals surface area contributed by atoms with E-state index in [1.807, 2.05) is 19.1 Å². The maximum Gasteiger partial charge on any atom is 0.315 e. The Morgan fingerprint density at radius 3 is 3.15 bits per heavy atom. The number of carbonyl (C=O) groups excluding carboxylic acids is 1. The Kier molecular flexibility index (Phi) is 3.94. The van der Waals surface area contributed by atoms with Gasteiger partial charge in [0.2, 0.25) is 0 Å². The molecule has 0 bridgehead atoms. The number of halogens is 1. The minimum atomic E-state index is -0.220. The molecule has 2 aromatic heterocycles. The first kappa shape index (κ1) is 13.8. The maximum absolute atomic E-state index is 12.0. The molecule has 106 valence electrons. The molecule has 1 aliphatic rings. The van der Waals surface area contributed by atoms with Gasteiger partial charge in [-0.1, -0.05) is 0 Å². The van der Waals surface area contributed by atoms with Gasteiger partial charge in [0.05, 0.1) is 12.3 Å². The van der Waals surface area contributed by atoms with Crippen LogP contribution in [0, 0.1) is 0 Å². The second kappa shape index (κ2) is 5.69. The molecule has 20 heavy (non-hydrogen) atoms. The Balaban J connectivity index is 1.94. The molecule has 0 spiro atoms. The first-order valence-electron chi connectivity index (χ1n) is 6.61. The van der Waals surface area contributed by atoms with E-state index in [4.69, 9.17) is 9.15 Å². The fourth-order valence-corrected chi connectivity index (χ4v) is 3.86. The van der Waals surface area contributed by atoms with Crippen molar-refractivity contribution in [2.45, 2.75) is 32.1 Å². The molecule has 0 aromatic carbocycles. The molecule has 0 N–H and O–H groups in total. The highest BCUT2D eigenvalue weighted by Crippen LogP contribution is 2.39. The number of aromatic nitrogens is 1. The van der Waals surface area contributed by atoms with Gasteiger partial charge in [-0.2, -0.15) is 0 Å². The van der Waals surface area contributed by atoms with Crippen molar-refractivity contribution in [1.82, 2.24) is 4.98 Å². The lowest BCUT2D eigenvalue weighted by atomic mass is 9.91. The summed E-state index contributed by atoms with van der Waals surface area (Å²) in [6.07, 6.45) is 2.79. The number of hydrogen-bond acceptors (Lipinski definition) is 5. The van der Waals surface area contributed by atoms with Crippen LogP contribution in [0.1, 0.15) is 36.3 Å². The highest BCUT2D eigenvalue weighted by atomic mass is 79.9. The fourth-order valence-electron chi connectivity index (χ4n) is 2.43. The zero-order chi connectivity index (χ0) is 14.1. The summed E-state index contributed by atoms with van der Waals surface area (Å²) in [5.74, 6) is 0.354. The second-order valence-corrected chi connectivity index (χ2v) is 6.49. The zero-order valence-corrected chi connectivity index (χ0v) is 13.4. The molecule has 3 rings (SSSR count). The molecule has 0 amide bonds. The van der Waals surface area contributed by atoms with Crippen LogP contribution >= 0.6 is 27.3 Å². The van der Waals surface area contributed by atoms with Gasteiger partial charge in [0.1, 0.15) is 5.92 Å². The molecule has 0 saturated heterocycles. The van der Waals surface area contributed by atoms with Crippen molar-refractivity contribution in [3.63, 3.8) is 0 Å². The Labute approximate surface area is 129 Å². The van der Waals surface area contributed by atoms with E-state index >= 15 is 0 Å². The number of aryl methyl sites for hydroxylation is 1. The summed E-state index contributed by atoms with van der Waals surface area (Å²) >= 11 is 4.90. The summed E-state index contributed by atoms with van der Waals surface area (Å²) in [6, 6.07) is 3.73. The molecule has 1 aliphatic carbocycles. The van der Waals surface area contributed by atoms with Gasteiger partial charge in [-0.05, 0) is 54.2 Å². The van der Waals surface area contributed by atoms with Crippen LogP contribution in [0.15, 0.2) is 21.2 Å². The Hall–Kier alpha value is -1.14. The lowest BCUT2D eigenvalue weighted by molar-refractivity contribution is -0.145. The third-order valence-corrected chi connectivity index (χ3v) is 4.88. The van der Waals surface area contributed by atoms with Crippen molar-refractivity contribution < 1.29 is 13.9 Å². The van der Waals surface area contributed by atoms with Gasteiger partial charge >= 0.3 is 5.97 Å². The third-order valence-electron chi connectivity index (χ3n) is 3.31. The summed E-state index contributed by atoms with van der Waals surface area (Å²) in [5, 5.41) is 0.830. The number of hydrogen-bond donors (Lipinski definition) is 0. The van der Waals surface area contributed by atoms with Gasteiger partial charge in [-0.15, -0.1) is 11.3 Å². The Bertz CT molecular complexity index is 634. The highest BCUT2D eigenvalue weighted by molar-refractivity contribution is 9.10. The first-order valence-corrected chi connectivity index (χ1v) is 8.22. The van der Waals surface area contributed by atoms with Crippen molar-refractivity contribution >= 4 is 33.2 Å². The summed E-state index contributed by atoms with van der Waals surface area (Å²) in [5.41, 5.74) is 0.877. The molecule has 0 radical (unpaired) electrons. The van der Waals surface area contributed by atoms with Crippen molar-refractivity contribution in [1.29, 1.82) is 0 Å². The minimum absolute atomic E-state index is 0.161. The van der Waals surface area contributed by atoms with Crippen molar-refractivity contribution in [3.05, 3.63) is 27.4 Å². The first-order chi connectivity index (χ1) is 9.69. The van der Waals surface area contributed by atoms with E-state index in [-0.39, 0.29) is 11.9 Å². The van der Waals surface area contributed by atoms with E-state index < -0.39 is 0 Å². The molecule has 1 unspecified atom stereocenters. The highest BCUT2D eigenvalue weighted by Gasteiger charge is 2.31. The number of nitrogens with zero attached hydrogens (tertiary/aromatic N) is 1. The molecule has 2 aromatic rings. The quantitative estimate of drug-likeness (QED) is 0.776. The van der Waals surface area contributed by atoms with Gasteiger partial charge in [0.25, 0.3) is 0 Å². The molecule has 0 aliphatic heterocycles. The largest absolute Gasteiger partial charge is 0.465 e. The fraction of sp³-hybridized carbons (Fsp3) is 0.429. The van der Waals surface area contributed by atoms with Gasteiger partial charge in [0, 0.05) is 4.88 Å². The molecule has 1 atom stereocenters. The van der Waals surface area contributed by atoms with Gasteiger partial charge < -0.3 is 9.15 Å². The number of rotatable bonds is 3. The van der Waals surface area contributed by atoms with Gasteiger partial charge in [0.15, 0.2) is 15.4 Å². The van der Waals surface area contributed by atoms with E-state index in [0.717, 1.165) is 35.7 Å². The number of ether oxygens (including phenoxy) is 1. The average molecular weight is 356 g/mol. The third kappa shape index (κ3) is 2.54. The zero-order valence-electron chi connectivity index (χ0n) is 11.0. The molecule has 6 heteroatoms. The normalized spacial score (nSPS) is 17.8. The van der Waals surface area contributed by atoms with E-state index in [1.165, 1.54) is 4.88 Å². The topological polar surface area (TPSA) is 52.3 Å². The molecular formula is C14H14BrNO3S. The van der Waals surface area contributed by atoms with E-state index in [1.54, 1.807) is 11.3 Å². The average Bonchev–Trinajstić information content (AvgIpc) is 3.03. The number of esters is 1. The van der Waals surface area contributed by atoms with Crippen LogP contribution in [0.25, 0.3) is 10.8 Å². The van der Waals surface area contributed by atoms with Crippen molar-refractivity contribution in [2.75, 3.05) is 6.61 Å². The van der Waals surface area contributed by atoms with Crippen molar-refractivity contribution in [2.24, 2.45) is 0 Å². The lowest BCUT2D eigenvalue weighted by Gasteiger charge is -2.19. The van der Waals surface area contributed by atoms with Crippen LogP contribution in [0.4, 0.5) is 0 Å². The van der Waals surface area contributed by atoms with Crippen LogP contribution in [-0.4, -0.2) is 17.6 Å². The summed E-state index contributed by atoms with van der Waals surface area (Å²) in [4.78, 5) is 17.8. The van der Waals surface area contributed by atoms with Gasteiger partial charge in [-0.3, -0.25) is 4.79 Å². The predicted molar refractivity (Wildman–Crippen MR) is 79.8 cm³/mol. The van der Waals surface area contributed by atoms with Crippen molar-refractivity contribution in [3.8, 4) is 10.8 Å². The smallest absolute Gasteiger partial charge is 0.315 e. The Morgan fingerprint density at radius 1 is 1.60 bits per heavy atom. The van der Waals surface area contributed by atoms with Crippen LogP contribution in [0.2, 0.25) is 0 Å². The monoisotopic (exact) mass is 355 g/mol. The predicted octanol–water partition coefficient (Wildman–Crippen LogP) is 4.15. The molecule has 4 nitrogen and oxygen atoms in total. The number of carbonyl (C=O) groups is 1. The summed E-state index contributed by atoms with van der Waals surface area (Å²) in [7, 11) is 0. The van der Waals surface area contributed by atoms with E-state index in [0.29, 0.717) is 11.3 Å². The summed E-state index contributed by atoms with van der Waals surface area (Å²) in [6.45, 7) is 2.24. The minimum Gasteiger partial charge on any atom is -0.465 e. The van der Waals surface area contributed by atoms with Crippen LogP contribution in [-0.2, 0) is 16.0 Å². The molecule has 0 saturated carbocycles. The summed E-state index contributed by atoms with van der Waals surface area (Å²) < 4.78 is 11.4. The number of thiazole rings is 1. The maximum atomic E-state index is 12.0. The molecule has 0 fully saturated rings. The second-order valence-electron chi connectivity index (χ2n) is 4.63. The number of fused-ring (bicyclic) bond motifs is 1. The molecule has 2 heterocycles. The lowest BCUT2D eigenvalue weighted by Crippen LogP contribution is -2.20. The molecular weight excluding hydrogens is 342 g/mol. The van der Waals surface area contributed by atoms with Crippen LogP contribution in [0.5, 0.6) is 0 Å². The Morgan fingerprint density at radius 2 is 2.45 bits per heavy atom. The standard InChI is InChI=1S/C14H14BrNO3S/c1-2-18-14(17)8-4-3-5-10-12(8)16-13(20-10)9-6-7-11(15)19-9/h6-8H,2-5H2,1H3. The number of furan rings is 1. The van der Waals surface area contributed by atoms with E-state index in [9.17, 15) is 4.79 Å². The van der Waals surface area contributed by atoms with Crippen LogP contribution in [0.3, 0.4) is 0 Å². The van der Waals surface area contributed by atoms with E-state index in [2.05, 4.69) is 20.9 Å². The van der Waals surface area contributed by atoms with Crippen LogP contribution < -0.4 is 0 Å². The SMILES string of the molecule is CCOC(=O)C1CCCc2sc(-c3ccc(Br)o3)nc21. The van der Waals surface area contributed by atoms with Gasteiger partial charge in [-0.25, -0.2) is 4.98 Å².